The molecule has 15 heavy (non-hydrogen) atoms. The molecule has 1 rings (SSSR count). The van der Waals surface area contributed by atoms with Crippen LogP contribution in [0.2, 0.25) is 0 Å². The van der Waals surface area contributed by atoms with Crippen LogP contribution in [0, 0.1) is 0 Å². The van der Waals surface area contributed by atoms with Gasteiger partial charge in [-0.1, -0.05) is 6.07 Å². The Bertz CT molecular complexity index is 358. The lowest BCUT2D eigenvalue weighted by Gasteiger charge is -2.19. The third kappa shape index (κ3) is 3.55. The minimum absolute atomic E-state index is 0.236. The van der Waals surface area contributed by atoms with Crippen molar-refractivity contribution in [2.24, 2.45) is 5.84 Å². The van der Waals surface area contributed by atoms with Gasteiger partial charge >= 0.3 is 5.97 Å². The molecule has 0 aliphatic heterocycles. The van der Waals surface area contributed by atoms with Crippen LogP contribution in [0.4, 0.5) is 5.82 Å². The number of nitrogens with two attached hydrogens (primary N) is 1. The summed E-state index contributed by atoms with van der Waals surface area (Å²) in [6.45, 7) is 5.40. The van der Waals surface area contributed by atoms with Crippen LogP contribution in [-0.2, 0) is 4.74 Å². The molecule has 1 aromatic heterocycles. The summed E-state index contributed by atoms with van der Waals surface area (Å²) in [6, 6.07) is 4.92. The number of hydrogen-bond donors (Lipinski definition) is 2. The molecule has 0 aliphatic carbocycles. The zero-order valence-corrected chi connectivity index (χ0v) is 9.07. The maximum absolute atomic E-state index is 11.6. The van der Waals surface area contributed by atoms with Crippen molar-refractivity contribution in [3.05, 3.63) is 23.9 Å². The van der Waals surface area contributed by atoms with E-state index in [2.05, 4.69) is 10.4 Å². The van der Waals surface area contributed by atoms with Gasteiger partial charge in [0.15, 0.2) is 5.69 Å². The maximum Gasteiger partial charge on any atom is 0.357 e. The van der Waals surface area contributed by atoms with Gasteiger partial charge in [0.05, 0.1) is 0 Å². The molecule has 0 atom stereocenters. The molecule has 0 saturated heterocycles. The summed E-state index contributed by atoms with van der Waals surface area (Å²) in [5, 5.41) is 0. The van der Waals surface area contributed by atoms with Crippen LogP contribution in [-0.4, -0.2) is 16.6 Å². The average molecular weight is 209 g/mol. The summed E-state index contributed by atoms with van der Waals surface area (Å²) in [5.74, 6) is 5.15. The molecule has 0 unspecified atom stereocenters. The van der Waals surface area contributed by atoms with Crippen LogP contribution in [0.25, 0.3) is 0 Å². The predicted octanol–water partition coefficient (Wildman–Crippen LogP) is 1.32. The highest BCUT2D eigenvalue weighted by Gasteiger charge is 2.18. The number of carbonyl (C=O) groups is 1. The van der Waals surface area contributed by atoms with Crippen molar-refractivity contribution in [1.82, 2.24) is 4.98 Å². The summed E-state index contributed by atoms with van der Waals surface area (Å²) in [4.78, 5) is 15.5. The molecule has 0 radical (unpaired) electrons. The van der Waals surface area contributed by atoms with Crippen LogP contribution in [0.3, 0.4) is 0 Å². The third-order valence-electron chi connectivity index (χ3n) is 1.50. The van der Waals surface area contributed by atoms with E-state index in [1.807, 2.05) is 0 Å². The topological polar surface area (TPSA) is 77.2 Å². The van der Waals surface area contributed by atoms with Crippen molar-refractivity contribution < 1.29 is 9.53 Å². The summed E-state index contributed by atoms with van der Waals surface area (Å²) < 4.78 is 5.15. The van der Waals surface area contributed by atoms with Gasteiger partial charge in [0.2, 0.25) is 0 Å². The van der Waals surface area contributed by atoms with Crippen molar-refractivity contribution in [2.45, 2.75) is 26.4 Å². The molecule has 0 spiro atoms. The van der Waals surface area contributed by atoms with Gasteiger partial charge in [-0.05, 0) is 32.9 Å². The van der Waals surface area contributed by atoms with E-state index in [-0.39, 0.29) is 5.69 Å². The van der Waals surface area contributed by atoms with E-state index >= 15 is 0 Å². The number of nitrogens with zero attached hydrogens (tertiary/aromatic N) is 1. The molecular weight excluding hydrogens is 194 g/mol. The molecule has 82 valence electrons. The quantitative estimate of drug-likeness (QED) is 0.436. The van der Waals surface area contributed by atoms with Gasteiger partial charge in [-0.15, -0.1) is 0 Å². The first-order valence-electron chi connectivity index (χ1n) is 4.59. The van der Waals surface area contributed by atoms with Crippen molar-refractivity contribution in [3.8, 4) is 0 Å². The molecule has 0 aliphatic rings. The predicted molar refractivity (Wildman–Crippen MR) is 57.2 cm³/mol. The molecule has 0 bridgehead atoms. The van der Waals surface area contributed by atoms with Gasteiger partial charge in [0, 0.05) is 0 Å². The Labute approximate surface area is 88.6 Å². The monoisotopic (exact) mass is 209 g/mol. The smallest absolute Gasteiger partial charge is 0.357 e. The van der Waals surface area contributed by atoms with Gasteiger partial charge in [-0.2, -0.15) is 0 Å². The van der Waals surface area contributed by atoms with E-state index in [0.717, 1.165) is 0 Å². The molecular formula is C10H15N3O2. The lowest BCUT2D eigenvalue weighted by atomic mass is 10.2. The number of hydrogen-bond acceptors (Lipinski definition) is 5. The highest BCUT2D eigenvalue weighted by molar-refractivity contribution is 5.87. The fourth-order valence-electron chi connectivity index (χ4n) is 0.959. The number of nitrogens with one attached hydrogen (secondary N) is 1. The number of carbonyl (C=O) groups excluding carboxylic acids is 1. The van der Waals surface area contributed by atoms with E-state index in [0.29, 0.717) is 5.82 Å². The highest BCUT2D eigenvalue weighted by atomic mass is 16.6. The Morgan fingerprint density at radius 1 is 1.47 bits per heavy atom. The van der Waals surface area contributed by atoms with E-state index < -0.39 is 11.6 Å². The molecule has 5 heteroatoms. The number of rotatable bonds is 2. The summed E-state index contributed by atoms with van der Waals surface area (Å²) >= 11 is 0. The second-order valence-electron chi connectivity index (χ2n) is 4.05. The van der Waals surface area contributed by atoms with Crippen molar-refractivity contribution >= 4 is 11.8 Å². The standard InChI is InChI=1S/C10H15N3O2/c1-10(2,3)15-9(14)7-5-4-6-8(12-7)13-11/h4-6H,11H2,1-3H3,(H,12,13). The number of aromatic nitrogens is 1. The number of pyridine rings is 1. The number of ether oxygens (including phenoxy) is 1. The number of anilines is 1. The summed E-state index contributed by atoms with van der Waals surface area (Å²) in [5.41, 5.74) is 2.08. The number of nitrogen functional groups attached to an aromatic ring is 1. The minimum atomic E-state index is -0.523. The van der Waals surface area contributed by atoms with Gasteiger partial charge in [0.1, 0.15) is 11.4 Å². The molecule has 0 amide bonds. The van der Waals surface area contributed by atoms with Gasteiger partial charge in [-0.3, -0.25) is 0 Å². The minimum Gasteiger partial charge on any atom is -0.455 e. The average Bonchev–Trinajstić information content (AvgIpc) is 2.15. The van der Waals surface area contributed by atoms with Crippen molar-refractivity contribution in [2.75, 3.05) is 5.43 Å². The Kier molecular flexibility index (Phi) is 3.26. The first-order chi connectivity index (χ1) is 6.92. The normalized spacial score (nSPS) is 10.9. The third-order valence-corrected chi connectivity index (χ3v) is 1.50. The molecule has 0 aromatic carbocycles. The summed E-state index contributed by atoms with van der Waals surface area (Å²) in [6.07, 6.45) is 0. The first kappa shape index (κ1) is 11.5. The van der Waals surface area contributed by atoms with E-state index in [1.54, 1.807) is 39.0 Å². The fourth-order valence-corrected chi connectivity index (χ4v) is 0.959. The van der Waals surface area contributed by atoms with Crippen molar-refractivity contribution in [3.63, 3.8) is 0 Å². The van der Waals surface area contributed by atoms with Crippen molar-refractivity contribution in [1.29, 1.82) is 0 Å². The molecule has 5 nitrogen and oxygen atoms in total. The first-order valence-corrected chi connectivity index (χ1v) is 4.59. The second kappa shape index (κ2) is 4.27. The highest BCUT2D eigenvalue weighted by Crippen LogP contribution is 2.11. The Morgan fingerprint density at radius 3 is 2.67 bits per heavy atom. The van der Waals surface area contributed by atoms with Gasteiger partial charge in [-0.25, -0.2) is 15.6 Å². The van der Waals surface area contributed by atoms with Crippen LogP contribution >= 0.6 is 0 Å². The summed E-state index contributed by atoms with van der Waals surface area (Å²) in [7, 11) is 0. The van der Waals surface area contributed by atoms with Crippen LogP contribution in [0.15, 0.2) is 18.2 Å². The number of esters is 1. The fraction of sp³-hybridized carbons (Fsp3) is 0.400. The van der Waals surface area contributed by atoms with Crippen LogP contribution < -0.4 is 11.3 Å². The Balaban J connectivity index is 2.82. The van der Waals surface area contributed by atoms with Crippen LogP contribution in [0.5, 0.6) is 0 Å². The maximum atomic E-state index is 11.6. The second-order valence-corrected chi connectivity index (χ2v) is 4.05. The Morgan fingerprint density at radius 2 is 2.13 bits per heavy atom. The molecule has 1 aromatic rings. The Hall–Kier alpha value is -1.62. The number of hydrazine groups is 1. The molecule has 3 N–H and O–H groups in total. The largest absolute Gasteiger partial charge is 0.455 e. The molecule has 0 saturated carbocycles. The molecule has 0 fully saturated rings. The van der Waals surface area contributed by atoms with Gasteiger partial charge < -0.3 is 10.2 Å². The van der Waals surface area contributed by atoms with Gasteiger partial charge in [0.25, 0.3) is 0 Å². The molecule has 1 heterocycles. The van der Waals surface area contributed by atoms with E-state index in [4.69, 9.17) is 10.6 Å². The van der Waals surface area contributed by atoms with E-state index in [9.17, 15) is 4.79 Å². The lowest BCUT2D eigenvalue weighted by molar-refractivity contribution is 0.00630. The van der Waals surface area contributed by atoms with E-state index in [1.165, 1.54) is 0 Å². The zero-order chi connectivity index (χ0) is 11.5. The van der Waals surface area contributed by atoms with Crippen LogP contribution in [0.1, 0.15) is 31.3 Å². The lowest BCUT2D eigenvalue weighted by Crippen LogP contribution is -2.24. The zero-order valence-electron chi connectivity index (χ0n) is 9.07. The SMILES string of the molecule is CC(C)(C)OC(=O)c1cccc(NN)n1.